The first-order chi connectivity index (χ1) is 27.2. The maximum atomic E-state index is 13.3. The fourth-order valence-corrected chi connectivity index (χ4v) is 9.39. The summed E-state index contributed by atoms with van der Waals surface area (Å²) in [4.78, 5) is 49.9. The fraction of sp³-hybridized carbons (Fsp3) is 0.341. The van der Waals surface area contributed by atoms with Crippen LogP contribution in [0.25, 0.3) is 5.00 Å². The van der Waals surface area contributed by atoms with Crippen molar-refractivity contribution in [1.82, 2.24) is 44.6 Å². The number of piperazine rings is 1. The van der Waals surface area contributed by atoms with Gasteiger partial charge < -0.3 is 4.90 Å². The number of aromatic nitrogens is 5. The number of carbonyl (C=O) groups excluding carboxylic acids is 3. The Labute approximate surface area is 333 Å². The van der Waals surface area contributed by atoms with Crippen molar-refractivity contribution < 1.29 is 14.4 Å². The zero-order valence-corrected chi connectivity index (χ0v) is 32.7. The van der Waals surface area contributed by atoms with Crippen LogP contribution in [0.3, 0.4) is 0 Å². The average Bonchev–Trinajstić information content (AvgIpc) is 3.94. The van der Waals surface area contributed by atoms with Gasteiger partial charge in [0.25, 0.3) is 5.91 Å². The normalized spacial score (nSPS) is 18.5. The van der Waals surface area contributed by atoms with Gasteiger partial charge in [0.1, 0.15) is 23.4 Å². The minimum absolute atomic E-state index is 0.134. The summed E-state index contributed by atoms with van der Waals surface area (Å²) >= 11 is 7.85. The molecule has 0 radical (unpaired) electrons. The topological polar surface area (TPSA) is 134 Å². The van der Waals surface area contributed by atoms with E-state index in [4.69, 9.17) is 16.6 Å². The summed E-state index contributed by atoms with van der Waals surface area (Å²) in [5, 5.41) is 17.5. The minimum Gasteiger partial charge on any atom is -0.322 e. The Kier molecular flexibility index (Phi) is 9.62. The number of halogens is 1. The molecule has 3 amide bonds. The van der Waals surface area contributed by atoms with E-state index in [1.54, 1.807) is 16.2 Å². The number of thiophene rings is 1. The molecule has 2 saturated heterocycles. The number of hydrogen-bond acceptors (Lipinski definition) is 10. The maximum absolute atomic E-state index is 13.3. The van der Waals surface area contributed by atoms with E-state index in [2.05, 4.69) is 59.8 Å². The second-order valence-corrected chi connectivity index (χ2v) is 16.0. The molecule has 2 fully saturated rings. The van der Waals surface area contributed by atoms with Crippen molar-refractivity contribution in [1.29, 1.82) is 0 Å². The van der Waals surface area contributed by atoms with Gasteiger partial charge in [0.05, 0.1) is 28.9 Å². The lowest BCUT2D eigenvalue weighted by atomic mass is 10.00. The molecule has 56 heavy (non-hydrogen) atoms. The molecule has 13 nitrogen and oxygen atoms in total. The predicted molar refractivity (Wildman–Crippen MR) is 212 cm³/mol. The van der Waals surface area contributed by atoms with Crippen LogP contribution in [-0.4, -0.2) is 101 Å². The van der Waals surface area contributed by atoms with E-state index >= 15 is 0 Å². The fourth-order valence-electron chi connectivity index (χ4n) is 8.03. The maximum Gasteiger partial charge on any atom is 0.255 e. The molecule has 0 bridgehead atoms. The molecule has 1 unspecified atom stereocenters. The number of hydrogen-bond donors (Lipinski definition) is 1. The van der Waals surface area contributed by atoms with Crippen LogP contribution >= 0.6 is 22.9 Å². The van der Waals surface area contributed by atoms with Crippen molar-refractivity contribution in [3.8, 4) is 16.8 Å². The molecular weight excluding hydrogens is 748 g/mol. The van der Waals surface area contributed by atoms with Crippen molar-refractivity contribution in [3.63, 3.8) is 0 Å². The average molecular weight is 787 g/mol. The molecule has 3 aromatic heterocycles. The van der Waals surface area contributed by atoms with Crippen LogP contribution in [0.5, 0.6) is 0 Å². The Balaban J connectivity index is 0.821. The van der Waals surface area contributed by atoms with Crippen molar-refractivity contribution in [2.24, 2.45) is 4.99 Å². The highest BCUT2D eigenvalue weighted by Crippen LogP contribution is 2.37. The summed E-state index contributed by atoms with van der Waals surface area (Å²) in [6.07, 6.45) is 4.44. The number of aryl methyl sites for hydroxylation is 1. The number of nitrogens with zero attached hydrogens (tertiary/aromatic N) is 9. The van der Waals surface area contributed by atoms with Crippen molar-refractivity contribution in [3.05, 3.63) is 115 Å². The van der Waals surface area contributed by atoms with Gasteiger partial charge in [-0.1, -0.05) is 47.7 Å². The molecule has 4 aliphatic heterocycles. The van der Waals surface area contributed by atoms with E-state index in [-0.39, 0.29) is 24.1 Å². The standard InChI is InChI=1S/C41H39ClN10O3S/c1-25-34(56-41-37(25)38(28-7-9-30(42)10-8-28)43-21-35-47-46-26(2)52(35)41)12-6-27-20-44-50(22-27)19-18-48-14-16-49(17-15-48)23-29-4-3-5-31-32(29)24-51(40(31)55)33-11-13-36(53)45-39(33)54/h3-5,7-10,20,22,33H,11,13-19,21,23-24H2,1-2H3,(H,45,53,54). The second kappa shape index (κ2) is 14.9. The molecule has 7 heterocycles. The molecule has 284 valence electrons. The zero-order valence-electron chi connectivity index (χ0n) is 31.1. The number of carbonyl (C=O) groups is 3. The van der Waals surface area contributed by atoms with Gasteiger partial charge in [0, 0.05) is 80.1 Å². The van der Waals surface area contributed by atoms with E-state index in [9.17, 15) is 14.4 Å². The predicted octanol–water partition coefficient (Wildman–Crippen LogP) is 4.13. The van der Waals surface area contributed by atoms with Crippen LogP contribution in [0.2, 0.25) is 5.02 Å². The first-order valence-electron chi connectivity index (χ1n) is 18.8. The number of amides is 3. The van der Waals surface area contributed by atoms with E-state index in [0.29, 0.717) is 30.1 Å². The highest BCUT2D eigenvalue weighted by atomic mass is 35.5. The first kappa shape index (κ1) is 36.2. The molecule has 2 aromatic carbocycles. The summed E-state index contributed by atoms with van der Waals surface area (Å²) in [6, 6.07) is 13.0. The quantitative estimate of drug-likeness (QED) is 0.193. The van der Waals surface area contributed by atoms with E-state index in [1.165, 1.54) is 0 Å². The number of fused-ring (bicyclic) bond motifs is 4. The Hall–Kier alpha value is -5.46. The summed E-state index contributed by atoms with van der Waals surface area (Å²) < 4.78 is 4.06. The van der Waals surface area contributed by atoms with E-state index in [0.717, 1.165) is 106 Å². The number of benzene rings is 2. The van der Waals surface area contributed by atoms with Crippen molar-refractivity contribution in [2.45, 2.75) is 58.9 Å². The summed E-state index contributed by atoms with van der Waals surface area (Å²) in [6.45, 7) is 11.0. The van der Waals surface area contributed by atoms with Gasteiger partial charge in [-0.2, -0.15) is 5.10 Å². The van der Waals surface area contributed by atoms with E-state index < -0.39 is 6.04 Å². The third kappa shape index (κ3) is 6.85. The van der Waals surface area contributed by atoms with Gasteiger partial charge in [-0.3, -0.25) is 43.7 Å². The first-order valence-corrected chi connectivity index (χ1v) is 20.0. The number of imide groups is 1. The van der Waals surface area contributed by atoms with E-state index in [1.807, 2.05) is 60.4 Å². The number of piperidine rings is 1. The Morgan fingerprint density at radius 1 is 0.964 bits per heavy atom. The van der Waals surface area contributed by atoms with Crippen LogP contribution < -0.4 is 5.32 Å². The molecule has 4 aliphatic rings. The third-order valence-electron chi connectivity index (χ3n) is 11.1. The molecule has 0 aliphatic carbocycles. The van der Waals surface area contributed by atoms with Gasteiger partial charge in [-0.15, -0.1) is 21.5 Å². The van der Waals surface area contributed by atoms with Gasteiger partial charge >= 0.3 is 0 Å². The van der Waals surface area contributed by atoms with Gasteiger partial charge in [0.15, 0.2) is 5.82 Å². The van der Waals surface area contributed by atoms with Crippen LogP contribution in [0, 0.1) is 25.7 Å². The van der Waals surface area contributed by atoms with Gasteiger partial charge in [-0.05, 0) is 55.2 Å². The molecule has 1 atom stereocenters. The molecule has 0 spiro atoms. The summed E-state index contributed by atoms with van der Waals surface area (Å²) in [5.74, 6) is 7.60. The lowest BCUT2D eigenvalue weighted by Crippen LogP contribution is -2.52. The van der Waals surface area contributed by atoms with Crippen molar-refractivity contribution in [2.75, 3.05) is 32.7 Å². The van der Waals surface area contributed by atoms with Crippen molar-refractivity contribution >= 4 is 46.4 Å². The largest absolute Gasteiger partial charge is 0.322 e. The third-order valence-corrected chi connectivity index (χ3v) is 12.5. The Bertz CT molecular complexity index is 2480. The zero-order chi connectivity index (χ0) is 38.5. The summed E-state index contributed by atoms with van der Waals surface area (Å²) in [7, 11) is 0. The molecule has 15 heteroatoms. The number of aliphatic imine (C=N–C) groups is 1. The molecule has 0 saturated carbocycles. The molecular formula is C41H39ClN10O3S. The van der Waals surface area contributed by atoms with Crippen LogP contribution in [-0.2, 0) is 35.8 Å². The van der Waals surface area contributed by atoms with Crippen LogP contribution in [0.4, 0.5) is 0 Å². The highest BCUT2D eigenvalue weighted by molar-refractivity contribution is 7.15. The monoisotopic (exact) mass is 786 g/mol. The molecule has 1 N–H and O–H groups in total. The van der Waals surface area contributed by atoms with Crippen LogP contribution in [0.1, 0.15) is 73.1 Å². The smallest absolute Gasteiger partial charge is 0.255 e. The highest BCUT2D eigenvalue weighted by Gasteiger charge is 2.40. The molecule has 9 rings (SSSR count). The Morgan fingerprint density at radius 2 is 1.77 bits per heavy atom. The SMILES string of the molecule is Cc1c(C#Cc2cnn(CCN3CCN(Cc4cccc5c4CN(C4CCC(=O)NC4=O)C5=O)CC3)c2)sc2c1C(c1ccc(Cl)cc1)=NCc1nnc(C)n1-2. The lowest BCUT2D eigenvalue weighted by molar-refractivity contribution is -0.136. The number of rotatable bonds is 7. The van der Waals surface area contributed by atoms with Crippen LogP contribution in [0.15, 0.2) is 59.9 Å². The minimum atomic E-state index is -0.609. The molecule has 5 aromatic rings. The second-order valence-electron chi connectivity index (χ2n) is 14.6. The Morgan fingerprint density at radius 3 is 2.57 bits per heavy atom. The lowest BCUT2D eigenvalue weighted by Gasteiger charge is -2.35. The number of nitrogens with one attached hydrogen (secondary N) is 1. The van der Waals surface area contributed by atoms with Gasteiger partial charge in [-0.25, -0.2) is 0 Å². The van der Waals surface area contributed by atoms with Gasteiger partial charge in [0.2, 0.25) is 11.8 Å². The summed E-state index contributed by atoms with van der Waals surface area (Å²) in [5.41, 5.74) is 7.62.